The minimum absolute atomic E-state index is 0.393. The number of nitrogens with two attached hydrogens (primary N) is 1. The molecule has 1 saturated heterocycles. The van der Waals surface area contributed by atoms with E-state index in [-0.39, 0.29) is 0 Å². The zero-order valence-corrected chi connectivity index (χ0v) is 9.98. The van der Waals surface area contributed by atoms with Crippen molar-refractivity contribution in [3.8, 4) is 0 Å². The molecule has 1 aliphatic heterocycles. The summed E-state index contributed by atoms with van der Waals surface area (Å²) in [6.07, 6.45) is 1.01. The highest BCUT2D eigenvalue weighted by Crippen LogP contribution is 2.19. The zero-order chi connectivity index (χ0) is 12.3. The maximum Gasteiger partial charge on any atom is 0.248 e. The molecule has 0 aromatic heterocycles. The van der Waals surface area contributed by atoms with Gasteiger partial charge in [0.05, 0.1) is 6.61 Å². The Balaban J connectivity index is 2.00. The molecule has 1 fully saturated rings. The molecule has 1 aliphatic rings. The maximum absolute atomic E-state index is 10.9. The first kappa shape index (κ1) is 11.9. The van der Waals surface area contributed by atoms with E-state index in [1.165, 1.54) is 0 Å². The number of nitrogens with one attached hydrogen (secondary N) is 1. The van der Waals surface area contributed by atoms with Crippen molar-refractivity contribution in [2.75, 3.05) is 18.5 Å². The number of rotatable bonds is 3. The second kappa shape index (κ2) is 5.19. The molecule has 3 N–H and O–H groups in total. The van der Waals surface area contributed by atoms with Crippen LogP contribution in [-0.4, -0.2) is 25.2 Å². The molecular weight excluding hydrogens is 216 g/mol. The van der Waals surface area contributed by atoms with E-state index < -0.39 is 5.91 Å². The molecule has 0 spiro atoms. The number of benzene rings is 1. The highest BCUT2D eigenvalue weighted by molar-refractivity contribution is 5.93. The van der Waals surface area contributed by atoms with E-state index in [0.717, 1.165) is 25.3 Å². The van der Waals surface area contributed by atoms with E-state index >= 15 is 0 Å². The largest absolute Gasteiger partial charge is 0.382 e. The Morgan fingerprint density at radius 2 is 2.12 bits per heavy atom. The predicted octanol–water partition coefficient (Wildman–Crippen LogP) is 1.62. The van der Waals surface area contributed by atoms with Gasteiger partial charge in [-0.3, -0.25) is 4.79 Å². The Hall–Kier alpha value is -1.55. The topological polar surface area (TPSA) is 64.3 Å². The molecule has 0 radical (unpaired) electrons. The van der Waals surface area contributed by atoms with Gasteiger partial charge in [0.15, 0.2) is 0 Å². The van der Waals surface area contributed by atoms with Crippen LogP contribution in [0.25, 0.3) is 0 Å². The number of hydrogen-bond donors (Lipinski definition) is 2. The molecular formula is C13H18N2O2. The van der Waals surface area contributed by atoms with Crippen molar-refractivity contribution >= 4 is 11.6 Å². The van der Waals surface area contributed by atoms with Gasteiger partial charge < -0.3 is 15.8 Å². The molecule has 0 saturated carbocycles. The van der Waals surface area contributed by atoms with Crippen molar-refractivity contribution < 1.29 is 9.53 Å². The Labute approximate surface area is 101 Å². The molecule has 1 heterocycles. The van der Waals surface area contributed by atoms with E-state index in [9.17, 15) is 4.79 Å². The summed E-state index contributed by atoms with van der Waals surface area (Å²) in [6, 6.07) is 7.71. The fraction of sp³-hybridized carbons (Fsp3) is 0.462. The van der Waals surface area contributed by atoms with Gasteiger partial charge in [-0.2, -0.15) is 0 Å². The number of ether oxygens (including phenoxy) is 1. The standard InChI is InChI=1S/C13H18N2O2/c1-9-8-17-7-6-12(9)15-11-4-2-10(3-5-11)13(14)16/h2-5,9,12,15H,6-8H2,1H3,(H2,14,16). The average Bonchev–Trinajstić information content (AvgIpc) is 2.33. The lowest BCUT2D eigenvalue weighted by Crippen LogP contribution is -2.35. The number of hydrogen-bond acceptors (Lipinski definition) is 3. The molecule has 2 unspecified atom stereocenters. The van der Waals surface area contributed by atoms with Gasteiger partial charge in [-0.05, 0) is 36.6 Å². The third-order valence-electron chi connectivity index (χ3n) is 3.16. The minimum Gasteiger partial charge on any atom is -0.382 e. The van der Waals surface area contributed by atoms with Gasteiger partial charge in [-0.1, -0.05) is 6.92 Å². The summed E-state index contributed by atoms with van der Waals surface area (Å²) < 4.78 is 5.40. The SMILES string of the molecule is CC1COCCC1Nc1ccc(C(N)=O)cc1. The summed E-state index contributed by atoms with van der Waals surface area (Å²) >= 11 is 0. The van der Waals surface area contributed by atoms with E-state index in [2.05, 4.69) is 12.2 Å². The Bertz CT molecular complexity index is 389. The first-order valence-corrected chi connectivity index (χ1v) is 5.91. The van der Waals surface area contributed by atoms with Crippen molar-refractivity contribution in [3.05, 3.63) is 29.8 Å². The molecule has 1 aromatic carbocycles. The Morgan fingerprint density at radius 1 is 1.41 bits per heavy atom. The Morgan fingerprint density at radius 3 is 2.71 bits per heavy atom. The van der Waals surface area contributed by atoms with Gasteiger partial charge in [0.2, 0.25) is 5.91 Å². The van der Waals surface area contributed by atoms with Gasteiger partial charge in [0, 0.05) is 23.9 Å². The van der Waals surface area contributed by atoms with E-state index in [1.54, 1.807) is 12.1 Å². The first-order chi connectivity index (χ1) is 8.16. The van der Waals surface area contributed by atoms with Crippen LogP contribution >= 0.6 is 0 Å². The molecule has 17 heavy (non-hydrogen) atoms. The summed E-state index contributed by atoms with van der Waals surface area (Å²) in [7, 11) is 0. The fourth-order valence-corrected chi connectivity index (χ4v) is 2.04. The molecule has 0 aliphatic carbocycles. The van der Waals surface area contributed by atoms with Crippen molar-refractivity contribution in [1.29, 1.82) is 0 Å². The third-order valence-corrected chi connectivity index (χ3v) is 3.16. The number of carbonyl (C=O) groups excluding carboxylic acids is 1. The number of carbonyl (C=O) groups is 1. The molecule has 92 valence electrons. The molecule has 4 heteroatoms. The van der Waals surface area contributed by atoms with Gasteiger partial charge in [-0.25, -0.2) is 0 Å². The lowest BCUT2D eigenvalue weighted by molar-refractivity contribution is 0.0538. The molecule has 0 bridgehead atoms. The second-order valence-electron chi connectivity index (χ2n) is 4.53. The summed E-state index contributed by atoms with van der Waals surface area (Å²) in [6.45, 7) is 3.78. The van der Waals surface area contributed by atoms with Crippen molar-refractivity contribution in [2.24, 2.45) is 11.7 Å². The number of primary amides is 1. The quantitative estimate of drug-likeness (QED) is 0.835. The van der Waals surface area contributed by atoms with E-state index in [0.29, 0.717) is 17.5 Å². The molecule has 2 rings (SSSR count). The van der Waals surface area contributed by atoms with Crippen molar-refractivity contribution in [3.63, 3.8) is 0 Å². The monoisotopic (exact) mass is 234 g/mol. The van der Waals surface area contributed by atoms with E-state index in [4.69, 9.17) is 10.5 Å². The van der Waals surface area contributed by atoms with Crippen LogP contribution in [0.15, 0.2) is 24.3 Å². The normalized spacial score (nSPS) is 24.3. The fourth-order valence-electron chi connectivity index (χ4n) is 2.04. The lowest BCUT2D eigenvalue weighted by Gasteiger charge is -2.30. The van der Waals surface area contributed by atoms with Crippen LogP contribution in [0.5, 0.6) is 0 Å². The summed E-state index contributed by atoms with van der Waals surface area (Å²) in [5.74, 6) is 0.107. The summed E-state index contributed by atoms with van der Waals surface area (Å²) in [4.78, 5) is 10.9. The van der Waals surface area contributed by atoms with Gasteiger partial charge >= 0.3 is 0 Å². The van der Waals surface area contributed by atoms with Gasteiger partial charge in [0.25, 0.3) is 0 Å². The minimum atomic E-state index is -0.393. The molecule has 2 atom stereocenters. The molecule has 1 amide bonds. The smallest absolute Gasteiger partial charge is 0.248 e. The average molecular weight is 234 g/mol. The lowest BCUT2D eigenvalue weighted by atomic mass is 9.97. The molecule has 4 nitrogen and oxygen atoms in total. The van der Waals surface area contributed by atoms with Crippen molar-refractivity contribution in [1.82, 2.24) is 0 Å². The molecule has 1 aromatic rings. The maximum atomic E-state index is 10.9. The highest BCUT2D eigenvalue weighted by Gasteiger charge is 2.21. The first-order valence-electron chi connectivity index (χ1n) is 5.91. The van der Waals surface area contributed by atoms with Crippen LogP contribution in [0.2, 0.25) is 0 Å². The summed E-state index contributed by atoms with van der Waals surface area (Å²) in [5.41, 5.74) is 6.75. The van der Waals surface area contributed by atoms with Crippen LogP contribution in [0.4, 0.5) is 5.69 Å². The van der Waals surface area contributed by atoms with Crippen molar-refractivity contribution in [2.45, 2.75) is 19.4 Å². The second-order valence-corrected chi connectivity index (χ2v) is 4.53. The van der Waals surface area contributed by atoms with Crippen LogP contribution in [-0.2, 0) is 4.74 Å². The Kier molecular flexibility index (Phi) is 3.64. The predicted molar refractivity (Wildman–Crippen MR) is 67.0 cm³/mol. The number of amides is 1. The summed E-state index contributed by atoms with van der Waals surface area (Å²) in [5, 5.41) is 3.46. The van der Waals surface area contributed by atoms with E-state index in [1.807, 2.05) is 12.1 Å². The van der Waals surface area contributed by atoms with Crippen LogP contribution in [0.1, 0.15) is 23.7 Å². The number of anilines is 1. The van der Waals surface area contributed by atoms with Crippen LogP contribution < -0.4 is 11.1 Å². The van der Waals surface area contributed by atoms with Gasteiger partial charge in [0.1, 0.15) is 0 Å². The van der Waals surface area contributed by atoms with Crippen LogP contribution in [0, 0.1) is 5.92 Å². The third kappa shape index (κ3) is 2.97. The van der Waals surface area contributed by atoms with Crippen LogP contribution in [0.3, 0.4) is 0 Å². The van der Waals surface area contributed by atoms with Gasteiger partial charge in [-0.15, -0.1) is 0 Å². The zero-order valence-electron chi connectivity index (χ0n) is 9.98. The highest BCUT2D eigenvalue weighted by atomic mass is 16.5.